The highest BCUT2D eigenvalue weighted by atomic mass is 35.5. The van der Waals surface area contributed by atoms with Crippen LogP contribution < -0.4 is 0 Å². The molecular weight excluding hydrogens is 301 g/mol. The van der Waals surface area contributed by atoms with Gasteiger partial charge in [-0.05, 0) is 12.1 Å². The van der Waals surface area contributed by atoms with Crippen molar-refractivity contribution >= 4 is 44.6 Å². The summed E-state index contributed by atoms with van der Waals surface area (Å²) in [6.45, 7) is 0. The standard InChI is InChI=1S/C7H4Cl3NO4S/c8-4-1-6(10)7(2-5(4)9)16(14,15)3-11(12)13/h1-2H,3H2. The topological polar surface area (TPSA) is 77.3 Å². The fourth-order valence-corrected chi connectivity index (χ4v) is 2.99. The summed E-state index contributed by atoms with van der Waals surface area (Å²) in [5, 5.41) is 10.0. The average molecular weight is 305 g/mol. The Morgan fingerprint density at radius 2 is 1.62 bits per heavy atom. The summed E-state index contributed by atoms with van der Waals surface area (Å²) in [4.78, 5) is 8.81. The van der Waals surface area contributed by atoms with Gasteiger partial charge in [0.1, 0.15) is 0 Å². The maximum absolute atomic E-state index is 11.5. The first kappa shape index (κ1) is 13.5. The molecule has 1 aromatic carbocycles. The van der Waals surface area contributed by atoms with Gasteiger partial charge in [0.15, 0.2) is 0 Å². The second-order valence-corrected chi connectivity index (χ2v) is 5.92. The number of halogens is 3. The van der Waals surface area contributed by atoms with Crippen molar-refractivity contribution in [2.24, 2.45) is 0 Å². The van der Waals surface area contributed by atoms with E-state index in [0.717, 1.165) is 12.1 Å². The number of hydrogen-bond acceptors (Lipinski definition) is 4. The van der Waals surface area contributed by atoms with E-state index in [1.807, 2.05) is 0 Å². The Balaban J connectivity index is 3.34. The molecule has 0 saturated carbocycles. The highest BCUT2D eigenvalue weighted by molar-refractivity contribution is 7.91. The van der Waals surface area contributed by atoms with E-state index in [1.54, 1.807) is 0 Å². The molecule has 0 aromatic heterocycles. The lowest BCUT2D eigenvalue weighted by molar-refractivity contribution is -0.458. The Kier molecular flexibility index (Phi) is 4.01. The molecule has 0 amide bonds. The minimum absolute atomic E-state index is 0.0343. The minimum Gasteiger partial charge on any atom is -0.263 e. The minimum atomic E-state index is -4.10. The maximum Gasteiger partial charge on any atom is 0.305 e. The smallest absolute Gasteiger partial charge is 0.263 e. The van der Waals surface area contributed by atoms with Crippen LogP contribution in [-0.2, 0) is 9.84 Å². The molecule has 0 heterocycles. The third kappa shape index (κ3) is 2.98. The van der Waals surface area contributed by atoms with Crippen LogP contribution in [0.5, 0.6) is 0 Å². The average Bonchev–Trinajstić information content (AvgIpc) is 2.08. The first-order valence-electron chi connectivity index (χ1n) is 3.73. The van der Waals surface area contributed by atoms with Crippen LogP contribution in [0.15, 0.2) is 17.0 Å². The van der Waals surface area contributed by atoms with Crippen molar-refractivity contribution in [2.75, 3.05) is 5.88 Å². The van der Waals surface area contributed by atoms with Crippen molar-refractivity contribution < 1.29 is 13.3 Å². The second-order valence-electron chi connectivity index (χ2n) is 2.77. The fourth-order valence-electron chi connectivity index (χ4n) is 0.951. The number of hydrogen-bond donors (Lipinski definition) is 0. The zero-order valence-corrected chi connectivity index (χ0v) is 10.6. The number of nitro groups is 1. The van der Waals surface area contributed by atoms with Crippen LogP contribution in [0.2, 0.25) is 15.1 Å². The summed E-state index contributed by atoms with van der Waals surface area (Å²) in [7, 11) is -4.10. The van der Waals surface area contributed by atoms with Crippen LogP contribution in [0.3, 0.4) is 0 Å². The first-order valence-corrected chi connectivity index (χ1v) is 6.52. The number of benzene rings is 1. The van der Waals surface area contributed by atoms with Crippen molar-refractivity contribution in [2.45, 2.75) is 4.90 Å². The zero-order chi connectivity index (χ0) is 12.5. The molecule has 0 aliphatic heterocycles. The van der Waals surface area contributed by atoms with Crippen LogP contribution in [-0.4, -0.2) is 19.2 Å². The molecule has 0 saturated heterocycles. The Hall–Kier alpha value is -0.560. The van der Waals surface area contributed by atoms with E-state index in [-0.39, 0.29) is 15.1 Å². The molecule has 0 fully saturated rings. The van der Waals surface area contributed by atoms with Crippen LogP contribution in [0, 0.1) is 10.1 Å². The van der Waals surface area contributed by atoms with Gasteiger partial charge < -0.3 is 0 Å². The molecule has 0 radical (unpaired) electrons. The van der Waals surface area contributed by atoms with Crippen molar-refractivity contribution in [1.29, 1.82) is 0 Å². The zero-order valence-electron chi connectivity index (χ0n) is 7.48. The summed E-state index contributed by atoms with van der Waals surface area (Å²) in [6.07, 6.45) is 0. The van der Waals surface area contributed by atoms with Crippen LogP contribution in [0.25, 0.3) is 0 Å². The van der Waals surface area contributed by atoms with E-state index in [1.165, 1.54) is 0 Å². The molecule has 9 heteroatoms. The van der Waals surface area contributed by atoms with Gasteiger partial charge in [0.2, 0.25) is 9.84 Å². The van der Waals surface area contributed by atoms with Gasteiger partial charge in [-0.15, -0.1) is 0 Å². The third-order valence-corrected chi connectivity index (χ3v) is 4.29. The Morgan fingerprint density at radius 1 is 1.12 bits per heavy atom. The van der Waals surface area contributed by atoms with Gasteiger partial charge in [-0.3, -0.25) is 10.1 Å². The van der Waals surface area contributed by atoms with Crippen molar-refractivity contribution in [3.05, 3.63) is 37.3 Å². The van der Waals surface area contributed by atoms with E-state index in [0.29, 0.717) is 0 Å². The lowest BCUT2D eigenvalue weighted by atomic mass is 10.4. The van der Waals surface area contributed by atoms with E-state index in [9.17, 15) is 18.5 Å². The fraction of sp³-hybridized carbons (Fsp3) is 0.143. The van der Waals surface area contributed by atoms with E-state index >= 15 is 0 Å². The van der Waals surface area contributed by atoms with Crippen LogP contribution in [0.1, 0.15) is 0 Å². The number of nitrogens with zero attached hydrogens (tertiary/aromatic N) is 1. The largest absolute Gasteiger partial charge is 0.305 e. The van der Waals surface area contributed by atoms with Crippen LogP contribution in [0.4, 0.5) is 0 Å². The summed E-state index contributed by atoms with van der Waals surface area (Å²) >= 11 is 16.8. The lowest BCUT2D eigenvalue weighted by Crippen LogP contribution is -2.15. The molecule has 0 atom stereocenters. The molecule has 1 rings (SSSR count). The van der Waals surface area contributed by atoms with Crippen molar-refractivity contribution in [3.63, 3.8) is 0 Å². The molecule has 0 unspecified atom stereocenters. The summed E-state index contributed by atoms with van der Waals surface area (Å²) in [5.41, 5.74) is 0. The summed E-state index contributed by atoms with van der Waals surface area (Å²) in [5.74, 6) is -1.25. The molecular formula is C7H4Cl3NO4S. The highest BCUT2D eigenvalue weighted by Gasteiger charge is 2.25. The predicted octanol–water partition coefficient (Wildman–Crippen LogP) is 2.65. The lowest BCUT2D eigenvalue weighted by Gasteiger charge is -2.04. The van der Waals surface area contributed by atoms with Gasteiger partial charge in [0.05, 0.1) is 20.0 Å². The Bertz CT molecular complexity index is 543. The number of rotatable bonds is 3. The Morgan fingerprint density at radius 3 is 2.12 bits per heavy atom. The van der Waals surface area contributed by atoms with Gasteiger partial charge >= 0.3 is 5.88 Å². The van der Waals surface area contributed by atoms with Gasteiger partial charge in [0.25, 0.3) is 0 Å². The van der Waals surface area contributed by atoms with E-state index < -0.39 is 25.5 Å². The quantitative estimate of drug-likeness (QED) is 0.488. The summed E-state index contributed by atoms with van der Waals surface area (Å²) in [6, 6.07) is 2.11. The normalized spacial score (nSPS) is 11.4. The molecule has 1 aromatic rings. The molecule has 0 spiro atoms. The predicted molar refractivity (Wildman–Crippen MR) is 60.5 cm³/mol. The van der Waals surface area contributed by atoms with Gasteiger partial charge in [0, 0.05) is 4.92 Å². The van der Waals surface area contributed by atoms with Crippen molar-refractivity contribution in [3.8, 4) is 0 Å². The molecule has 16 heavy (non-hydrogen) atoms. The Labute approximate surface area is 106 Å². The van der Waals surface area contributed by atoms with Gasteiger partial charge in [-0.25, -0.2) is 8.42 Å². The molecule has 0 aliphatic rings. The van der Waals surface area contributed by atoms with Crippen LogP contribution >= 0.6 is 34.8 Å². The maximum atomic E-state index is 11.5. The van der Waals surface area contributed by atoms with Gasteiger partial charge in [-0.1, -0.05) is 34.8 Å². The molecule has 88 valence electrons. The molecule has 0 bridgehead atoms. The van der Waals surface area contributed by atoms with E-state index in [2.05, 4.69) is 0 Å². The summed E-state index contributed by atoms with van der Waals surface area (Å²) < 4.78 is 23.0. The molecule has 0 N–H and O–H groups in total. The second kappa shape index (κ2) is 4.75. The first-order chi connectivity index (χ1) is 7.24. The van der Waals surface area contributed by atoms with Gasteiger partial charge in [-0.2, -0.15) is 0 Å². The molecule has 0 aliphatic carbocycles. The monoisotopic (exact) mass is 303 g/mol. The third-order valence-electron chi connectivity index (χ3n) is 1.59. The molecule has 5 nitrogen and oxygen atoms in total. The SMILES string of the molecule is O=[N+]([O-])CS(=O)(=O)c1cc(Cl)c(Cl)cc1Cl. The van der Waals surface area contributed by atoms with Crippen molar-refractivity contribution in [1.82, 2.24) is 0 Å². The number of sulfone groups is 1. The van der Waals surface area contributed by atoms with E-state index in [4.69, 9.17) is 34.8 Å². The highest BCUT2D eigenvalue weighted by Crippen LogP contribution is 2.32.